The molecule has 2 nitrogen and oxygen atoms in total. The summed E-state index contributed by atoms with van der Waals surface area (Å²) in [7, 11) is 0. The number of nitrogens with zero attached hydrogens (tertiary/aromatic N) is 1. The highest BCUT2D eigenvalue weighted by atomic mass is 16.3. The zero-order chi connectivity index (χ0) is 35.2. The van der Waals surface area contributed by atoms with Crippen LogP contribution in [0.2, 0.25) is 0 Å². The van der Waals surface area contributed by atoms with E-state index < -0.39 is 0 Å². The second-order valence-electron chi connectivity index (χ2n) is 14.5. The maximum absolute atomic E-state index is 6.78. The van der Waals surface area contributed by atoms with E-state index in [2.05, 4.69) is 202 Å². The maximum atomic E-state index is 6.78. The van der Waals surface area contributed by atoms with Crippen LogP contribution in [0.4, 0.5) is 17.1 Å². The molecule has 0 spiro atoms. The lowest BCUT2D eigenvalue weighted by atomic mass is 9.84. The summed E-state index contributed by atoms with van der Waals surface area (Å²) in [6, 6.07) is 65.5. The van der Waals surface area contributed by atoms with E-state index in [1.165, 1.54) is 44.2 Å². The van der Waals surface area contributed by atoms with Crippen molar-refractivity contribution in [3.63, 3.8) is 0 Å². The van der Waals surface area contributed by atoms with Crippen molar-refractivity contribution in [1.82, 2.24) is 0 Å². The number of para-hydroxylation sites is 3. The summed E-state index contributed by atoms with van der Waals surface area (Å²) in [6.07, 6.45) is 0. The van der Waals surface area contributed by atoms with Crippen LogP contribution >= 0.6 is 0 Å². The Kier molecular flexibility index (Phi) is 7.74. The summed E-state index contributed by atoms with van der Waals surface area (Å²) in [5.74, 6) is 0. The Morgan fingerprint density at radius 3 is 1.73 bits per heavy atom. The topological polar surface area (TPSA) is 16.4 Å². The molecule has 2 heteroatoms. The average molecular weight is 670 g/mol. The summed E-state index contributed by atoms with van der Waals surface area (Å²) in [5.41, 5.74) is 13.2. The highest BCUT2D eigenvalue weighted by Crippen LogP contribution is 2.50. The number of benzene rings is 8. The van der Waals surface area contributed by atoms with Gasteiger partial charge in [-0.1, -0.05) is 172 Å². The van der Waals surface area contributed by atoms with E-state index in [0.717, 1.165) is 44.6 Å². The molecule has 0 bridgehead atoms. The molecule has 0 radical (unpaired) electrons. The van der Waals surface area contributed by atoms with Gasteiger partial charge in [0, 0.05) is 21.9 Å². The Hall–Kier alpha value is -6.38. The molecule has 8 aromatic carbocycles. The molecule has 0 unspecified atom stereocenters. The monoisotopic (exact) mass is 669 g/mol. The standard InChI is InChI=1S/C50H39NO/c1-50(2,3)37-31-32-45(43(33-37)35-19-8-5-9-20-35)51(46-29-16-27-42-40-24-11-13-30-47(40)52-49(42)46)44-28-12-10-23-39(44)41-26-15-22-36-21-14-25-38(48(36)41)34-17-6-4-7-18-34/h4-33H,1-3H3. The van der Waals surface area contributed by atoms with Gasteiger partial charge in [0.2, 0.25) is 0 Å². The molecule has 0 saturated carbocycles. The lowest BCUT2D eigenvalue weighted by Gasteiger charge is -2.31. The molecule has 1 aromatic heterocycles. The predicted octanol–water partition coefficient (Wildman–Crippen LogP) is 14.5. The lowest BCUT2D eigenvalue weighted by molar-refractivity contribution is 0.590. The number of anilines is 3. The van der Waals surface area contributed by atoms with E-state index in [1.807, 2.05) is 6.07 Å². The van der Waals surface area contributed by atoms with Crippen LogP contribution in [0.3, 0.4) is 0 Å². The Morgan fingerprint density at radius 1 is 0.423 bits per heavy atom. The zero-order valence-corrected chi connectivity index (χ0v) is 29.7. The van der Waals surface area contributed by atoms with Crippen LogP contribution in [0.15, 0.2) is 186 Å². The van der Waals surface area contributed by atoms with Crippen LogP contribution in [-0.4, -0.2) is 0 Å². The van der Waals surface area contributed by atoms with Crippen molar-refractivity contribution in [2.45, 2.75) is 26.2 Å². The first kappa shape index (κ1) is 31.6. The molecule has 0 aliphatic rings. The van der Waals surface area contributed by atoms with Crippen LogP contribution < -0.4 is 4.90 Å². The van der Waals surface area contributed by atoms with Gasteiger partial charge in [-0.25, -0.2) is 0 Å². The first-order valence-electron chi connectivity index (χ1n) is 18.0. The summed E-state index contributed by atoms with van der Waals surface area (Å²) in [6.45, 7) is 6.84. The van der Waals surface area contributed by atoms with Gasteiger partial charge in [-0.3, -0.25) is 0 Å². The maximum Gasteiger partial charge on any atom is 0.159 e. The molecule has 0 atom stereocenters. The van der Waals surface area contributed by atoms with Crippen molar-refractivity contribution < 1.29 is 4.42 Å². The number of hydrogen-bond donors (Lipinski definition) is 0. The Balaban J connectivity index is 1.39. The number of rotatable bonds is 6. The normalized spacial score (nSPS) is 11.8. The number of furan rings is 1. The fourth-order valence-electron chi connectivity index (χ4n) is 7.66. The van der Waals surface area contributed by atoms with Crippen molar-refractivity contribution in [2.24, 2.45) is 0 Å². The molecule has 9 aromatic rings. The smallest absolute Gasteiger partial charge is 0.159 e. The third-order valence-corrected chi connectivity index (χ3v) is 10.2. The zero-order valence-electron chi connectivity index (χ0n) is 29.7. The molecule has 0 amide bonds. The molecular weight excluding hydrogens is 631 g/mol. The quantitative estimate of drug-likeness (QED) is 0.175. The molecule has 0 saturated heterocycles. The minimum Gasteiger partial charge on any atom is -0.454 e. The fourth-order valence-corrected chi connectivity index (χ4v) is 7.66. The van der Waals surface area contributed by atoms with Crippen molar-refractivity contribution in [2.75, 3.05) is 4.90 Å². The highest BCUT2D eigenvalue weighted by molar-refractivity contribution is 6.13. The minimum atomic E-state index is -0.0274. The van der Waals surface area contributed by atoms with Gasteiger partial charge in [0.1, 0.15) is 5.58 Å². The van der Waals surface area contributed by atoms with Crippen LogP contribution in [-0.2, 0) is 5.41 Å². The average Bonchev–Trinajstić information content (AvgIpc) is 3.58. The fraction of sp³-hybridized carbons (Fsp3) is 0.0800. The van der Waals surface area contributed by atoms with E-state index in [0.29, 0.717) is 0 Å². The van der Waals surface area contributed by atoms with E-state index in [1.54, 1.807) is 0 Å². The summed E-state index contributed by atoms with van der Waals surface area (Å²) in [4.78, 5) is 2.43. The van der Waals surface area contributed by atoms with E-state index in [4.69, 9.17) is 4.42 Å². The van der Waals surface area contributed by atoms with Crippen LogP contribution in [0, 0.1) is 0 Å². The van der Waals surface area contributed by atoms with Crippen molar-refractivity contribution in [1.29, 1.82) is 0 Å². The van der Waals surface area contributed by atoms with Gasteiger partial charge in [0.15, 0.2) is 5.58 Å². The number of hydrogen-bond acceptors (Lipinski definition) is 2. The molecule has 0 fully saturated rings. The summed E-state index contributed by atoms with van der Waals surface area (Å²) < 4.78 is 6.78. The van der Waals surface area contributed by atoms with Gasteiger partial charge in [-0.05, 0) is 74.3 Å². The highest BCUT2D eigenvalue weighted by Gasteiger charge is 2.26. The molecule has 9 rings (SSSR count). The molecule has 250 valence electrons. The minimum absolute atomic E-state index is 0.0274. The second-order valence-corrected chi connectivity index (χ2v) is 14.5. The SMILES string of the molecule is CC(C)(C)c1ccc(N(c2ccccc2-c2cccc3cccc(-c4ccccc4)c23)c2cccc3c2oc2ccccc23)c(-c2ccccc2)c1. The second kappa shape index (κ2) is 12.7. The van der Waals surface area contributed by atoms with Crippen molar-refractivity contribution >= 4 is 49.8 Å². The first-order valence-corrected chi connectivity index (χ1v) is 18.0. The lowest BCUT2D eigenvalue weighted by Crippen LogP contribution is -2.15. The third kappa shape index (κ3) is 5.45. The van der Waals surface area contributed by atoms with Gasteiger partial charge in [0.25, 0.3) is 0 Å². The predicted molar refractivity (Wildman–Crippen MR) is 221 cm³/mol. The number of fused-ring (bicyclic) bond motifs is 4. The van der Waals surface area contributed by atoms with Crippen molar-refractivity contribution in [3.05, 3.63) is 188 Å². The van der Waals surface area contributed by atoms with Gasteiger partial charge in [0.05, 0.1) is 17.1 Å². The first-order chi connectivity index (χ1) is 25.5. The third-order valence-electron chi connectivity index (χ3n) is 10.2. The molecular formula is C50H39NO. The van der Waals surface area contributed by atoms with Crippen LogP contribution in [0.5, 0.6) is 0 Å². The van der Waals surface area contributed by atoms with Crippen LogP contribution in [0.1, 0.15) is 26.3 Å². The summed E-state index contributed by atoms with van der Waals surface area (Å²) in [5, 5.41) is 4.65. The molecule has 1 heterocycles. The van der Waals surface area contributed by atoms with Crippen molar-refractivity contribution in [3.8, 4) is 33.4 Å². The Bertz CT molecular complexity index is 2710. The largest absolute Gasteiger partial charge is 0.454 e. The Morgan fingerprint density at radius 2 is 0.981 bits per heavy atom. The van der Waals surface area contributed by atoms with E-state index in [9.17, 15) is 0 Å². The molecule has 0 N–H and O–H groups in total. The molecule has 0 aliphatic heterocycles. The molecule has 0 aliphatic carbocycles. The van der Waals surface area contributed by atoms with E-state index in [-0.39, 0.29) is 5.41 Å². The van der Waals surface area contributed by atoms with E-state index >= 15 is 0 Å². The Labute approximate surface area is 305 Å². The summed E-state index contributed by atoms with van der Waals surface area (Å²) >= 11 is 0. The van der Waals surface area contributed by atoms with Gasteiger partial charge >= 0.3 is 0 Å². The van der Waals surface area contributed by atoms with Gasteiger partial charge < -0.3 is 9.32 Å². The van der Waals surface area contributed by atoms with Crippen LogP contribution in [0.25, 0.3) is 66.1 Å². The van der Waals surface area contributed by atoms with Gasteiger partial charge in [-0.2, -0.15) is 0 Å². The van der Waals surface area contributed by atoms with Gasteiger partial charge in [-0.15, -0.1) is 0 Å². The molecule has 52 heavy (non-hydrogen) atoms.